The summed E-state index contributed by atoms with van der Waals surface area (Å²) in [5.41, 5.74) is 22.0. The van der Waals surface area contributed by atoms with Gasteiger partial charge in [-0.25, -0.2) is 4.52 Å². The summed E-state index contributed by atoms with van der Waals surface area (Å²) < 4.78 is 2.24. The van der Waals surface area contributed by atoms with E-state index in [4.69, 9.17) is 5.10 Å². The first kappa shape index (κ1) is 43.9. The lowest BCUT2D eigenvalue weighted by molar-refractivity contribution is 0.768. The standard InChI is InChI=1S/C72H49N3/c1-7-23-50(24-8-1)51-39-41-52(42-40-51)53-43-45-59(46-44-53)74(60-47-48-62-61-35-21-22-38-65(61)72(66(62)49-60,57-31-15-5-16-32-57)58-33-17-6-18-34-58)71-64-37-20-19-36-63(64)70-67(54-25-9-2-10-26-54)68(55-27-11-3-12-28-55)73-75(70)69(71)56-29-13-4-14-30-56/h1-49H. The minimum absolute atomic E-state index is 0.600. The van der Waals surface area contributed by atoms with Crippen molar-refractivity contribution in [3.05, 3.63) is 320 Å². The lowest BCUT2D eigenvalue weighted by Crippen LogP contribution is -2.28. The van der Waals surface area contributed by atoms with E-state index in [0.29, 0.717) is 0 Å². The molecule has 1 aliphatic carbocycles. The molecule has 0 unspecified atom stereocenters. The molecule has 0 saturated heterocycles. The maximum absolute atomic E-state index is 5.78. The van der Waals surface area contributed by atoms with Crippen LogP contribution < -0.4 is 4.90 Å². The van der Waals surface area contributed by atoms with Gasteiger partial charge in [0.05, 0.1) is 22.3 Å². The number of hydrogen-bond donors (Lipinski definition) is 0. The lowest BCUT2D eigenvalue weighted by Gasteiger charge is -2.35. The summed E-state index contributed by atoms with van der Waals surface area (Å²) >= 11 is 0. The van der Waals surface area contributed by atoms with Gasteiger partial charge in [-0.15, -0.1) is 0 Å². The van der Waals surface area contributed by atoms with Gasteiger partial charge in [0.25, 0.3) is 0 Å². The molecule has 0 atom stereocenters. The number of pyridine rings is 1. The van der Waals surface area contributed by atoms with Gasteiger partial charge >= 0.3 is 0 Å². The van der Waals surface area contributed by atoms with Gasteiger partial charge < -0.3 is 4.90 Å². The molecule has 0 saturated carbocycles. The van der Waals surface area contributed by atoms with Crippen molar-refractivity contribution in [2.45, 2.75) is 5.41 Å². The van der Waals surface area contributed by atoms with Gasteiger partial charge in [0.2, 0.25) is 0 Å². The molecule has 14 rings (SSSR count). The molecule has 3 nitrogen and oxygen atoms in total. The molecule has 1 aliphatic rings. The van der Waals surface area contributed by atoms with Crippen molar-refractivity contribution in [3.8, 4) is 67.0 Å². The van der Waals surface area contributed by atoms with E-state index < -0.39 is 5.41 Å². The van der Waals surface area contributed by atoms with Crippen molar-refractivity contribution in [1.82, 2.24) is 9.61 Å². The molecule has 2 aromatic heterocycles. The molecule has 11 aromatic carbocycles. The second kappa shape index (κ2) is 18.3. The smallest absolute Gasteiger partial charge is 0.101 e. The van der Waals surface area contributed by atoms with Crippen molar-refractivity contribution >= 4 is 33.4 Å². The van der Waals surface area contributed by atoms with E-state index in [1.165, 1.54) is 44.5 Å². The highest BCUT2D eigenvalue weighted by molar-refractivity contribution is 6.16. The van der Waals surface area contributed by atoms with E-state index in [0.717, 1.165) is 78.1 Å². The molecule has 75 heavy (non-hydrogen) atoms. The van der Waals surface area contributed by atoms with Crippen LogP contribution in [-0.2, 0) is 5.41 Å². The SMILES string of the molecule is c1ccc(-c2ccc(-c3ccc(N(c4ccc5c(c4)C(c4ccccc4)(c4ccccc4)c4ccccc4-5)c4c(-c5ccccc5)n5nc(-c6ccccc6)c(-c6ccccc6)c5c5ccccc45)cc3)cc2)cc1. The van der Waals surface area contributed by atoms with Gasteiger partial charge in [-0.2, -0.15) is 5.10 Å². The van der Waals surface area contributed by atoms with Crippen LogP contribution in [0, 0.1) is 0 Å². The molecule has 0 N–H and O–H groups in total. The highest BCUT2D eigenvalue weighted by Gasteiger charge is 2.46. The van der Waals surface area contributed by atoms with Crippen LogP contribution in [-0.4, -0.2) is 9.61 Å². The molecule has 0 amide bonds. The number of aromatic nitrogens is 2. The van der Waals surface area contributed by atoms with Crippen LogP contribution in [0.5, 0.6) is 0 Å². The van der Waals surface area contributed by atoms with Crippen molar-refractivity contribution in [2.75, 3.05) is 4.90 Å². The zero-order chi connectivity index (χ0) is 49.7. The Hall–Kier alpha value is -9.83. The lowest BCUT2D eigenvalue weighted by atomic mass is 9.67. The first-order chi connectivity index (χ1) is 37.2. The first-order valence-electron chi connectivity index (χ1n) is 25.8. The van der Waals surface area contributed by atoms with Crippen LogP contribution in [0.2, 0.25) is 0 Å². The molecule has 0 bridgehead atoms. The second-order valence-electron chi connectivity index (χ2n) is 19.4. The summed E-state index contributed by atoms with van der Waals surface area (Å²) in [6, 6.07) is 108. The minimum atomic E-state index is -0.600. The molecule has 0 aliphatic heterocycles. The van der Waals surface area contributed by atoms with Crippen molar-refractivity contribution < 1.29 is 0 Å². The van der Waals surface area contributed by atoms with Crippen LogP contribution >= 0.6 is 0 Å². The van der Waals surface area contributed by atoms with Gasteiger partial charge in [0.15, 0.2) is 0 Å². The van der Waals surface area contributed by atoms with Crippen molar-refractivity contribution in [3.63, 3.8) is 0 Å². The highest BCUT2D eigenvalue weighted by atomic mass is 15.3. The predicted molar refractivity (Wildman–Crippen MR) is 312 cm³/mol. The van der Waals surface area contributed by atoms with Gasteiger partial charge in [0, 0.05) is 38.8 Å². The topological polar surface area (TPSA) is 20.5 Å². The Bertz CT molecular complexity index is 4130. The first-order valence-corrected chi connectivity index (χ1v) is 25.8. The summed E-state index contributed by atoms with van der Waals surface area (Å²) in [5.74, 6) is 0. The molecule has 2 heterocycles. The fourth-order valence-corrected chi connectivity index (χ4v) is 12.0. The zero-order valence-electron chi connectivity index (χ0n) is 41.1. The molecule has 3 heteroatoms. The van der Waals surface area contributed by atoms with Crippen LogP contribution in [0.15, 0.2) is 297 Å². The number of rotatable bonds is 10. The van der Waals surface area contributed by atoms with E-state index in [-0.39, 0.29) is 0 Å². The Morgan fingerprint density at radius 1 is 0.320 bits per heavy atom. The van der Waals surface area contributed by atoms with Crippen LogP contribution in [0.3, 0.4) is 0 Å². The molecular weight excluding hydrogens is 907 g/mol. The third-order valence-electron chi connectivity index (χ3n) is 15.3. The average molecular weight is 956 g/mol. The monoisotopic (exact) mass is 955 g/mol. The maximum atomic E-state index is 5.78. The van der Waals surface area contributed by atoms with Gasteiger partial charge in [0.1, 0.15) is 5.69 Å². The van der Waals surface area contributed by atoms with E-state index in [2.05, 4.69) is 307 Å². The number of nitrogens with zero attached hydrogens (tertiary/aromatic N) is 3. The summed E-state index contributed by atoms with van der Waals surface area (Å²) in [6.07, 6.45) is 0. The van der Waals surface area contributed by atoms with E-state index in [1.807, 2.05) is 0 Å². The number of benzene rings is 11. The molecule has 13 aromatic rings. The normalized spacial score (nSPS) is 12.4. The fraction of sp³-hybridized carbons (Fsp3) is 0.0139. The van der Waals surface area contributed by atoms with Gasteiger partial charge in [-0.05, 0) is 85.5 Å². The summed E-state index contributed by atoms with van der Waals surface area (Å²) in [7, 11) is 0. The van der Waals surface area contributed by atoms with Crippen LogP contribution in [0.4, 0.5) is 17.1 Å². The van der Waals surface area contributed by atoms with Gasteiger partial charge in [-0.1, -0.05) is 273 Å². The number of hydrogen-bond acceptors (Lipinski definition) is 2. The second-order valence-corrected chi connectivity index (χ2v) is 19.4. The third kappa shape index (κ3) is 7.23. The fourth-order valence-electron chi connectivity index (χ4n) is 12.0. The molecule has 352 valence electrons. The Balaban J connectivity index is 1.08. The Kier molecular flexibility index (Phi) is 10.7. The summed E-state index contributed by atoms with van der Waals surface area (Å²) in [6.45, 7) is 0. The van der Waals surface area contributed by atoms with E-state index in [9.17, 15) is 0 Å². The number of fused-ring (bicyclic) bond motifs is 6. The zero-order valence-corrected chi connectivity index (χ0v) is 41.1. The molecule has 0 fully saturated rings. The summed E-state index contributed by atoms with van der Waals surface area (Å²) in [4.78, 5) is 2.50. The molecule has 0 spiro atoms. The molecule has 0 radical (unpaired) electrons. The average Bonchev–Trinajstić information content (AvgIpc) is 4.14. The molecular formula is C72H49N3. The minimum Gasteiger partial charge on any atom is -0.308 e. The largest absolute Gasteiger partial charge is 0.308 e. The quantitative estimate of drug-likeness (QED) is 0.136. The Morgan fingerprint density at radius 3 is 1.33 bits per heavy atom. The third-order valence-corrected chi connectivity index (χ3v) is 15.3. The van der Waals surface area contributed by atoms with Crippen LogP contribution in [0.25, 0.3) is 83.3 Å². The Morgan fingerprint density at radius 2 is 0.747 bits per heavy atom. The number of anilines is 3. The highest BCUT2D eigenvalue weighted by Crippen LogP contribution is 2.58. The van der Waals surface area contributed by atoms with Crippen molar-refractivity contribution in [2.24, 2.45) is 0 Å². The van der Waals surface area contributed by atoms with Crippen LogP contribution in [0.1, 0.15) is 22.3 Å². The maximum Gasteiger partial charge on any atom is 0.101 e. The van der Waals surface area contributed by atoms with Gasteiger partial charge in [-0.3, -0.25) is 0 Å². The Labute approximate surface area is 437 Å². The predicted octanol–water partition coefficient (Wildman–Crippen LogP) is 18.7. The van der Waals surface area contributed by atoms with E-state index >= 15 is 0 Å². The van der Waals surface area contributed by atoms with Crippen molar-refractivity contribution in [1.29, 1.82) is 0 Å². The van der Waals surface area contributed by atoms with E-state index in [1.54, 1.807) is 0 Å². The summed E-state index contributed by atoms with van der Waals surface area (Å²) in [5, 5.41) is 8.00.